The maximum absolute atomic E-state index is 12.3. The Hall–Kier alpha value is -2.82. The Morgan fingerprint density at radius 3 is 2.45 bits per heavy atom. The lowest BCUT2D eigenvalue weighted by Gasteiger charge is -2.11. The van der Waals surface area contributed by atoms with E-state index >= 15 is 0 Å². The van der Waals surface area contributed by atoms with Crippen LogP contribution in [0.1, 0.15) is 26.3 Å². The second kappa shape index (κ2) is 6.76. The van der Waals surface area contributed by atoms with Crippen LogP contribution in [0.3, 0.4) is 0 Å². The molecule has 0 saturated carbocycles. The van der Waals surface area contributed by atoms with Gasteiger partial charge in [0.1, 0.15) is 5.75 Å². The Labute approximate surface area is 128 Å². The molecule has 114 valence electrons. The minimum atomic E-state index is -0.502. The minimum absolute atomic E-state index is 0.303. The van der Waals surface area contributed by atoms with Gasteiger partial charge in [0, 0.05) is 5.56 Å². The molecule has 1 amide bonds. The molecule has 2 aromatic carbocycles. The molecule has 0 aliphatic carbocycles. The first-order valence-corrected chi connectivity index (χ1v) is 6.70. The highest BCUT2D eigenvalue weighted by Crippen LogP contribution is 2.21. The maximum atomic E-state index is 12.3. The fourth-order valence-corrected chi connectivity index (χ4v) is 2.04. The minimum Gasteiger partial charge on any atom is -0.496 e. The number of methoxy groups -OCH3 is 2. The third-order valence-electron chi connectivity index (χ3n) is 3.25. The molecule has 5 nitrogen and oxygen atoms in total. The third-order valence-corrected chi connectivity index (χ3v) is 3.25. The van der Waals surface area contributed by atoms with Crippen molar-refractivity contribution in [1.29, 1.82) is 0 Å². The Kier molecular flexibility index (Phi) is 4.78. The number of carbonyl (C=O) groups is 2. The van der Waals surface area contributed by atoms with Crippen LogP contribution in [-0.2, 0) is 4.74 Å². The van der Waals surface area contributed by atoms with Crippen molar-refractivity contribution in [1.82, 2.24) is 0 Å². The molecule has 0 aliphatic heterocycles. The Morgan fingerprint density at radius 2 is 1.77 bits per heavy atom. The predicted molar refractivity (Wildman–Crippen MR) is 83.5 cm³/mol. The molecule has 2 rings (SSSR count). The van der Waals surface area contributed by atoms with E-state index in [0.29, 0.717) is 22.6 Å². The molecule has 22 heavy (non-hydrogen) atoms. The van der Waals surface area contributed by atoms with Crippen molar-refractivity contribution in [3.63, 3.8) is 0 Å². The van der Waals surface area contributed by atoms with Crippen LogP contribution in [0.25, 0.3) is 0 Å². The number of para-hydroxylation sites is 1. The number of hydrogen-bond acceptors (Lipinski definition) is 4. The highest BCUT2D eigenvalue weighted by Gasteiger charge is 2.15. The Morgan fingerprint density at radius 1 is 1.05 bits per heavy atom. The van der Waals surface area contributed by atoms with Crippen LogP contribution in [0, 0.1) is 6.92 Å². The lowest BCUT2D eigenvalue weighted by molar-refractivity contribution is 0.0602. The van der Waals surface area contributed by atoms with Gasteiger partial charge in [-0.15, -0.1) is 0 Å². The summed E-state index contributed by atoms with van der Waals surface area (Å²) in [5, 5.41) is 2.72. The number of ether oxygens (including phenoxy) is 2. The van der Waals surface area contributed by atoms with Crippen molar-refractivity contribution in [2.75, 3.05) is 19.5 Å². The molecule has 0 bridgehead atoms. The number of hydrogen-bond donors (Lipinski definition) is 1. The number of carbonyl (C=O) groups excluding carboxylic acids is 2. The quantitative estimate of drug-likeness (QED) is 0.881. The lowest BCUT2D eigenvalue weighted by atomic mass is 10.1. The lowest BCUT2D eigenvalue weighted by Crippen LogP contribution is -2.15. The van der Waals surface area contributed by atoms with Crippen molar-refractivity contribution in [3.8, 4) is 5.75 Å². The number of amides is 1. The zero-order valence-corrected chi connectivity index (χ0v) is 12.7. The van der Waals surface area contributed by atoms with Crippen molar-refractivity contribution < 1.29 is 19.1 Å². The van der Waals surface area contributed by atoms with E-state index in [4.69, 9.17) is 9.47 Å². The maximum Gasteiger partial charge on any atom is 0.339 e. The number of rotatable bonds is 4. The van der Waals surface area contributed by atoms with Gasteiger partial charge in [-0.05, 0) is 36.8 Å². The molecule has 0 fully saturated rings. The van der Waals surface area contributed by atoms with Crippen LogP contribution < -0.4 is 10.1 Å². The summed E-state index contributed by atoms with van der Waals surface area (Å²) in [6.45, 7) is 1.90. The highest BCUT2D eigenvalue weighted by atomic mass is 16.5. The summed E-state index contributed by atoms with van der Waals surface area (Å²) >= 11 is 0. The average molecular weight is 299 g/mol. The second-order valence-electron chi connectivity index (χ2n) is 4.68. The van der Waals surface area contributed by atoms with Crippen molar-refractivity contribution in [2.45, 2.75) is 6.92 Å². The molecule has 0 saturated heterocycles. The SMILES string of the molecule is COC(=O)c1ccccc1NC(=O)c1ccc(C)c(OC)c1. The summed E-state index contributed by atoms with van der Waals surface area (Å²) in [7, 11) is 2.85. The van der Waals surface area contributed by atoms with Gasteiger partial charge in [0.05, 0.1) is 25.5 Å². The molecule has 0 radical (unpaired) electrons. The van der Waals surface area contributed by atoms with E-state index in [1.54, 1.807) is 49.6 Å². The van der Waals surface area contributed by atoms with Gasteiger partial charge in [-0.25, -0.2) is 4.79 Å². The van der Waals surface area contributed by atoms with Crippen molar-refractivity contribution in [2.24, 2.45) is 0 Å². The number of benzene rings is 2. The van der Waals surface area contributed by atoms with Gasteiger partial charge in [0.25, 0.3) is 5.91 Å². The van der Waals surface area contributed by atoms with Gasteiger partial charge in [-0.3, -0.25) is 4.79 Å². The first kappa shape index (κ1) is 15.6. The van der Waals surface area contributed by atoms with E-state index in [9.17, 15) is 9.59 Å². The molecule has 0 aliphatic rings. The summed E-state index contributed by atoms with van der Waals surface area (Å²) < 4.78 is 9.92. The topological polar surface area (TPSA) is 64.6 Å². The van der Waals surface area contributed by atoms with E-state index in [1.807, 2.05) is 6.92 Å². The van der Waals surface area contributed by atoms with E-state index < -0.39 is 5.97 Å². The van der Waals surface area contributed by atoms with Crippen LogP contribution in [-0.4, -0.2) is 26.1 Å². The smallest absolute Gasteiger partial charge is 0.339 e. The van der Waals surface area contributed by atoms with E-state index in [0.717, 1.165) is 5.56 Å². The average Bonchev–Trinajstić information content (AvgIpc) is 2.55. The number of nitrogens with one attached hydrogen (secondary N) is 1. The highest BCUT2D eigenvalue weighted by molar-refractivity contribution is 6.08. The van der Waals surface area contributed by atoms with Crippen molar-refractivity contribution in [3.05, 3.63) is 59.2 Å². The predicted octanol–water partition coefficient (Wildman–Crippen LogP) is 3.04. The summed E-state index contributed by atoms with van der Waals surface area (Å²) in [4.78, 5) is 24.0. The summed E-state index contributed by atoms with van der Waals surface area (Å²) in [6.07, 6.45) is 0. The third kappa shape index (κ3) is 3.25. The molecule has 0 aromatic heterocycles. The van der Waals surface area contributed by atoms with E-state index in [1.165, 1.54) is 7.11 Å². The molecule has 0 unspecified atom stereocenters. The van der Waals surface area contributed by atoms with Crippen molar-refractivity contribution >= 4 is 17.6 Å². The monoisotopic (exact) mass is 299 g/mol. The molecular formula is C17H17NO4. The van der Waals surface area contributed by atoms with Crippen LogP contribution in [0.15, 0.2) is 42.5 Å². The van der Waals surface area contributed by atoms with Gasteiger partial charge in [-0.1, -0.05) is 18.2 Å². The Balaban J connectivity index is 2.28. The number of aryl methyl sites for hydroxylation is 1. The number of esters is 1. The van der Waals surface area contributed by atoms with Crippen LogP contribution in [0.2, 0.25) is 0 Å². The molecule has 0 spiro atoms. The van der Waals surface area contributed by atoms with Gasteiger partial charge >= 0.3 is 5.97 Å². The van der Waals surface area contributed by atoms with Gasteiger partial charge in [-0.2, -0.15) is 0 Å². The second-order valence-corrected chi connectivity index (χ2v) is 4.68. The van der Waals surface area contributed by atoms with Gasteiger partial charge in [0.15, 0.2) is 0 Å². The fraction of sp³-hybridized carbons (Fsp3) is 0.176. The Bertz CT molecular complexity index is 710. The summed E-state index contributed by atoms with van der Waals surface area (Å²) in [5.41, 5.74) is 2.09. The first-order valence-electron chi connectivity index (χ1n) is 6.70. The zero-order valence-electron chi connectivity index (χ0n) is 12.7. The van der Waals surface area contributed by atoms with Gasteiger partial charge in [0.2, 0.25) is 0 Å². The molecule has 1 N–H and O–H groups in total. The normalized spacial score (nSPS) is 9.95. The van der Waals surface area contributed by atoms with Crippen LogP contribution >= 0.6 is 0 Å². The standard InChI is InChI=1S/C17H17NO4/c1-11-8-9-12(10-15(11)21-2)16(19)18-14-7-5-4-6-13(14)17(20)22-3/h4-10H,1-3H3,(H,18,19). The first-order chi connectivity index (χ1) is 10.6. The number of anilines is 1. The summed E-state index contributed by atoms with van der Waals surface area (Å²) in [6, 6.07) is 11.8. The van der Waals surface area contributed by atoms with Crippen LogP contribution in [0.5, 0.6) is 5.75 Å². The van der Waals surface area contributed by atoms with Crippen LogP contribution in [0.4, 0.5) is 5.69 Å². The fourth-order valence-electron chi connectivity index (χ4n) is 2.04. The molecule has 5 heteroatoms. The van der Waals surface area contributed by atoms with E-state index in [-0.39, 0.29) is 5.91 Å². The zero-order chi connectivity index (χ0) is 16.1. The van der Waals surface area contributed by atoms with E-state index in [2.05, 4.69) is 5.32 Å². The molecule has 0 atom stereocenters. The largest absolute Gasteiger partial charge is 0.496 e. The molecule has 2 aromatic rings. The molecule has 0 heterocycles. The molecular weight excluding hydrogens is 282 g/mol. The van der Waals surface area contributed by atoms with Gasteiger partial charge < -0.3 is 14.8 Å². The summed E-state index contributed by atoms with van der Waals surface area (Å²) in [5.74, 6) is -0.194.